The molecule has 0 saturated heterocycles. The summed E-state index contributed by atoms with van der Waals surface area (Å²) in [6.07, 6.45) is 5.80. The molecule has 2 aliphatic heterocycles. The van der Waals surface area contributed by atoms with Crippen LogP contribution in [0.15, 0.2) is 62.9 Å². The second-order valence-corrected chi connectivity index (χ2v) is 12.4. The fourth-order valence-electron chi connectivity index (χ4n) is 5.77. The molecular weight excluding hydrogens is 488 g/mol. The molecule has 0 unspecified atom stereocenters. The third-order valence-corrected chi connectivity index (χ3v) is 8.89. The summed E-state index contributed by atoms with van der Waals surface area (Å²) in [5, 5.41) is 2.37. The van der Waals surface area contributed by atoms with Gasteiger partial charge in [0.05, 0.1) is 22.3 Å². The molecule has 1 aromatic heterocycles. The third kappa shape index (κ3) is 4.92. The number of benzene rings is 2. The molecule has 200 valence electrons. The molecule has 0 saturated carbocycles. The number of allylic oxidation sites excluding steroid dienone is 1. The molecule has 0 spiro atoms. The summed E-state index contributed by atoms with van der Waals surface area (Å²) in [6, 6.07) is 15.4. The van der Waals surface area contributed by atoms with Crippen molar-refractivity contribution in [2.75, 3.05) is 57.6 Å². The molecule has 0 bridgehead atoms. The van der Waals surface area contributed by atoms with Gasteiger partial charge in [-0.2, -0.15) is 0 Å². The van der Waals surface area contributed by atoms with E-state index in [1.807, 2.05) is 11.8 Å². The minimum atomic E-state index is -0.0418. The van der Waals surface area contributed by atoms with Crippen molar-refractivity contribution < 1.29 is 4.42 Å². The van der Waals surface area contributed by atoms with Crippen molar-refractivity contribution in [2.24, 2.45) is 0 Å². The highest BCUT2D eigenvalue weighted by Gasteiger charge is 2.31. The van der Waals surface area contributed by atoms with E-state index in [4.69, 9.17) is 4.42 Å². The molecule has 0 radical (unpaired) electrons. The van der Waals surface area contributed by atoms with Crippen molar-refractivity contribution in [1.29, 1.82) is 0 Å². The highest BCUT2D eigenvalue weighted by Crippen LogP contribution is 2.46. The van der Waals surface area contributed by atoms with Crippen molar-refractivity contribution >= 4 is 45.8 Å². The summed E-state index contributed by atoms with van der Waals surface area (Å²) < 4.78 is 8.90. The monoisotopic (exact) mass is 529 g/mol. The predicted molar refractivity (Wildman–Crippen MR) is 165 cm³/mol. The van der Waals surface area contributed by atoms with Gasteiger partial charge in [-0.15, -0.1) is 0 Å². The SMILES string of the molecule is CCN1c2cc3oc(=[N+](C)CCCN(C)C)cc(C=C4Sc5ccccc5N4C)c3cc2C(C)=CC1(C)C. The first-order valence-corrected chi connectivity index (χ1v) is 14.4. The molecule has 0 fully saturated rings. The van der Waals surface area contributed by atoms with Crippen LogP contribution in [-0.4, -0.2) is 58.3 Å². The van der Waals surface area contributed by atoms with E-state index in [9.17, 15) is 0 Å². The van der Waals surface area contributed by atoms with Gasteiger partial charge in [0.25, 0.3) is 0 Å². The maximum Gasteiger partial charge on any atom is 0.368 e. The first kappa shape index (κ1) is 26.6. The van der Waals surface area contributed by atoms with E-state index in [0.717, 1.165) is 42.6 Å². The minimum Gasteiger partial charge on any atom is -0.405 e. The van der Waals surface area contributed by atoms with Gasteiger partial charge in [-0.3, -0.25) is 0 Å². The largest absolute Gasteiger partial charge is 0.405 e. The summed E-state index contributed by atoms with van der Waals surface area (Å²) in [4.78, 5) is 8.30. The van der Waals surface area contributed by atoms with E-state index >= 15 is 0 Å². The number of para-hydroxylation sites is 1. The Morgan fingerprint density at radius 2 is 1.87 bits per heavy atom. The van der Waals surface area contributed by atoms with Gasteiger partial charge < -0.3 is 19.1 Å². The maximum atomic E-state index is 6.65. The van der Waals surface area contributed by atoms with Crippen LogP contribution in [0.5, 0.6) is 0 Å². The smallest absolute Gasteiger partial charge is 0.368 e. The molecule has 2 aliphatic rings. The highest BCUT2D eigenvalue weighted by molar-refractivity contribution is 8.03. The Morgan fingerprint density at radius 1 is 1.11 bits per heavy atom. The molecule has 0 aliphatic carbocycles. The van der Waals surface area contributed by atoms with Crippen LogP contribution in [0, 0.1) is 0 Å². The van der Waals surface area contributed by atoms with Gasteiger partial charge >= 0.3 is 5.55 Å². The van der Waals surface area contributed by atoms with Crippen LogP contribution >= 0.6 is 11.8 Å². The molecule has 3 heterocycles. The molecule has 0 atom stereocenters. The quantitative estimate of drug-likeness (QED) is 0.347. The molecule has 0 N–H and O–H groups in total. The van der Waals surface area contributed by atoms with Crippen molar-refractivity contribution in [3.8, 4) is 0 Å². The zero-order valence-corrected chi connectivity index (χ0v) is 24.9. The van der Waals surface area contributed by atoms with Crippen molar-refractivity contribution in [3.05, 3.63) is 70.3 Å². The van der Waals surface area contributed by atoms with Gasteiger partial charge in [-0.1, -0.05) is 30.0 Å². The summed E-state index contributed by atoms with van der Waals surface area (Å²) >= 11 is 1.83. The lowest BCUT2D eigenvalue weighted by Gasteiger charge is -2.42. The molecular formula is C32H41N4OS+. The van der Waals surface area contributed by atoms with E-state index in [2.05, 4.69) is 130 Å². The first-order valence-electron chi connectivity index (χ1n) is 13.6. The van der Waals surface area contributed by atoms with E-state index in [0.29, 0.717) is 0 Å². The van der Waals surface area contributed by atoms with Gasteiger partial charge in [0.1, 0.15) is 19.2 Å². The van der Waals surface area contributed by atoms with Crippen molar-refractivity contribution in [1.82, 2.24) is 9.48 Å². The average molecular weight is 530 g/mol. The molecule has 6 heteroatoms. The molecule has 38 heavy (non-hydrogen) atoms. The number of hydrogen-bond acceptors (Lipinski definition) is 5. The number of fused-ring (bicyclic) bond motifs is 3. The zero-order chi connectivity index (χ0) is 27.2. The molecule has 5 rings (SSSR count). The Morgan fingerprint density at radius 3 is 2.58 bits per heavy atom. The van der Waals surface area contributed by atoms with E-state index in [1.165, 1.54) is 38.0 Å². The highest BCUT2D eigenvalue weighted by atomic mass is 32.2. The summed E-state index contributed by atoms with van der Waals surface area (Å²) in [5.74, 6) is 0. The van der Waals surface area contributed by atoms with Gasteiger partial charge in [0.2, 0.25) is 0 Å². The Bertz CT molecular complexity index is 1510. The fraction of sp³-hybridized carbons (Fsp3) is 0.406. The van der Waals surface area contributed by atoms with Crippen LogP contribution in [0.3, 0.4) is 0 Å². The lowest BCUT2D eigenvalue weighted by molar-refractivity contribution is 0.382. The lowest BCUT2D eigenvalue weighted by atomic mass is 9.88. The molecule has 5 nitrogen and oxygen atoms in total. The zero-order valence-electron chi connectivity index (χ0n) is 24.1. The first-order chi connectivity index (χ1) is 18.1. The maximum absolute atomic E-state index is 6.65. The second-order valence-electron chi connectivity index (χ2n) is 11.3. The van der Waals surface area contributed by atoms with Crippen LogP contribution in [0.1, 0.15) is 45.2 Å². The standard InChI is InChI=1S/C32H41N4OS/c1-9-36-27-20-28-25(19-24(27)22(2)21-32(36,3)4)23(17-30(37-28)34(7)16-12-15-33(5)6)18-31-35(8)26-13-10-11-14-29(26)38-31/h10-11,13-14,17-21H,9,12,15-16H2,1-8H3/q+1. The summed E-state index contributed by atoms with van der Waals surface area (Å²) in [7, 11) is 8.54. The van der Waals surface area contributed by atoms with Gasteiger partial charge in [0, 0.05) is 54.2 Å². The summed E-state index contributed by atoms with van der Waals surface area (Å²) in [6.45, 7) is 12.0. The minimum absolute atomic E-state index is 0.0418. The average Bonchev–Trinajstić information content (AvgIpc) is 3.17. The summed E-state index contributed by atoms with van der Waals surface area (Å²) in [5.41, 5.74) is 8.09. The Labute approximate surface area is 231 Å². The van der Waals surface area contributed by atoms with E-state index < -0.39 is 0 Å². The van der Waals surface area contributed by atoms with Gasteiger partial charge in [-0.05, 0) is 77.2 Å². The third-order valence-electron chi connectivity index (χ3n) is 7.73. The van der Waals surface area contributed by atoms with Crippen LogP contribution in [-0.2, 0) is 0 Å². The molecule has 0 amide bonds. The number of nitrogens with zero attached hydrogens (tertiary/aromatic N) is 4. The number of thioether (sulfide) groups is 1. The Hall–Kier alpha value is -2.96. The topological polar surface area (TPSA) is 25.9 Å². The fourth-order valence-corrected chi connectivity index (χ4v) is 6.87. The van der Waals surface area contributed by atoms with Crippen LogP contribution < -0.4 is 19.9 Å². The number of rotatable bonds is 6. The number of likely N-dealkylation sites (N-methyl/N-ethyl adjacent to an activating group) is 1. The Kier molecular flexibility index (Phi) is 7.23. The van der Waals surface area contributed by atoms with E-state index in [-0.39, 0.29) is 5.54 Å². The normalized spacial score (nSPS) is 18.2. The van der Waals surface area contributed by atoms with Crippen LogP contribution in [0.2, 0.25) is 0 Å². The van der Waals surface area contributed by atoms with Gasteiger partial charge in [0.15, 0.2) is 0 Å². The second kappa shape index (κ2) is 10.3. The number of hydrogen-bond donors (Lipinski definition) is 0. The van der Waals surface area contributed by atoms with Crippen LogP contribution in [0.4, 0.5) is 11.4 Å². The molecule has 2 aromatic carbocycles. The Balaban J connectivity index is 1.71. The number of anilines is 2. The predicted octanol–water partition coefficient (Wildman–Crippen LogP) is 6.35. The van der Waals surface area contributed by atoms with Gasteiger partial charge in [-0.25, -0.2) is 4.58 Å². The van der Waals surface area contributed by atoms with E-state index in [1.54, 1.807) is 0 Å². The molecule has 3 aromatic rings. The van der Waals surface area contributed by atoms with Crippen LogP contribution in [0.25, 0.3) is 22.6 Å². The lowest BCUT2D eigenvalue weighted by Crippen LogP contribution is -2.44. The van der Waals surface area contributed by atoms with Crippen molar-refractivity contribution in [3.63, 3.8) is 0 Å². The van der Waals surface area contributed by atoms with Crippen molar-refractivity contribution in [2.45, 2.75) is 44.6 Å².